The number of aliphatic hydroxyl groups is 3. The molecule has 0 saturated carbocycles. The van der Waals surface area contributed by atoms with E-state index in [1.54, 1.807) is 0 Å². The highest BCUT2D eigenvalue weighted by Gasteiger charge is 2.47. The van der Waals surface area contributed by atoms with Gasteiger partial charge in [-0.15, -0.1) is 0 Å². The highest BCUT2D eigenvalue weighted by atomic mass is 16.5. The molecule has 1 unspecified atom stereocenters. The lowest BCUT2D eigenvalue weighted by Crippen LogP contribution is -2.47. The van der Waals surface area contributed by atoms with Crippen LogP contribution in [0.3, 0.4) is 0 Å². The second-order valence-corrected chi connectivity index (χ2v) is 7.56. The minimum Gasteiger partial charge on any atom is -0.507 e. The fourth-order valence-electron chi connectivity index (χ4n) is 4.29. The predicted molar refractivity (Wildman–Crippen MR) is 99.5 cm³/mol. The number of rotatable bonds is 2. The number of hydrogen-bond acceptors (Lipinski definition) is 8. The van der Waals surface area contributed by atoms with Gasteiger partial charge in [-0.25, -0.2) is 0 Å². The van der Waals surface area contributed by atoms with E-state index in [-0.39, 0.29) is 40.8 Å². The molecule has 0 fully saturated rings. The van der Waals surface area contributed by atoms with Gasteiger partial charge in [0.1, 0.15) is 17.2 Å². The van der Waals surface area contributed by atoms with E-state index >= 15 is 0 Å². The maximum absolute atomic E-state index is 13.2. The fourth-order valence-corrected chi connectivity index (χ4v) is 4.29. The van der Waals surface area contributed by atoms with Crippen molar-refractivity contribution in [2.24, 2.45) is 0 Å². The summed E-state index contributed by atoms with van der Waals surface area (Å²) in [6, 6.07) is 4.44. The lowest BCUT2D eigenvalue weighted by atomic mass is 9.71. The van der Waals surface area contributed by atoms with E-state index in [2.05, 4.69) is 0 Å². The van der Waals surface area contributed by atoms with Crippen LogP contribution in [0.2, 0.25) is 0 Å². The summed E-state index contributed by atoms with van der Waals surface area (Å²) in [5.41, 5.74) is -2.81. The summed E-state index contributed by atoms with van der Waals surface area (Å²) in [6.07, 6.45) is -3.33. The second kappa shape index (κ2) is 6.28. The van der Waals surface area contributed by atoms with Crippen LogP contribution in [-0.2, 0) is 6.42 Å². The quantitative estimate of drug-likeness (QED) is 0.400. The molecule has 2 aromatic rings. The molecule has 2 aromatic carbocycles. The van der Waals surface area contributed by atoms with Crippen LogP contribution in [0, 0.1) is 0 Å². The molecule has 0 radical (unpaired) electrons. The molecule has 8 nitrogen and oxygen atoms in total. The van der Waals surface area contributed by atoms with Crippen LogP contribution in [0.15, 0.2) is 18.2 Å². The van der Waals surface area contributed by atoms with Crippen LogP contribution in [0.4, 0.5) is 0 Å². The third-order valence-electron chi connectivity index (χ3n) is 5.90. The molecule has 5 N–H and O–H groups in total. The number of carbonyl (C=O) groups is 2. The molecule has 29 heavy (non-hydrogen) atoms. The zero-order valence-electron chi connectivity index (χ0n) is 15.8. The lowest BCUT2D eigenvalue weighted by molar-refractivity contribution is -0.0999. The summed E-state index contributed by atoms with van der Waals surface area (Å²) in [6.45, 7) is 1.34. The zero-order chi connectivity index (χ0) is 21.2. The minimum atomic E-state index is -1.77. The van der Waals surface area contributed by atoms with Gasteiger partial charge >= 0.3 is 0 Å². The van der Waals surface area contributed by atoms with E-state index in [0.717, 1.165) is 0 Å². The Kier molecular flexibility index (Phi) is 4.20. The summed E-state index contributed by atoms with van der Waals surface area (Å²) < 4.78 is 5.18. The Morgan fingerprint density at radius 3 is 2.38 bits per heavy atom. The first-order chi connectivity index (χ1) is 13.6. The van der Waals surface area contributed by atoms with Gasteiger partial charge < -0.3 is 30.3 Å². The fraction of sp³-hybridized carbons (Fsp3) is 0.333. The SMILES string of the molecule is COc1cccc2c1C(=O)c1c(O)c3c(c(O)c1C2=O)C[C@@](O)(C(C)O)C[C@@H]3O. The molecule has 0 aromatic heterocycles. The molecule has 0 bridgehead atoms. The summed E-state index contributed by atoms with van der Waals surface area (Å²) in [5.74, 6) is -2.48. The van der Waals surface area contributed by atoms with Gasteiger partial charge in [0, 0.05) is 29.5 Å². The van der Waals surface area contributed by atoms with Crippen molar-refractivity contribution in [1.29, 1.82) is 0 Å². The summed E-state index contributed by atoms with van der Waals surface area (Å²) in [5, 5.41) is 52.8. The first-order valence-electron chi connectivity index (χ1n) is 9.08. The van der Waals surface area contributed by atoms with Crippen LogP contribution in [0.5, 0.6) is 17.2 Å². The van der Waals surface area contributed by atoms with Gasteiger partial charge in [-0.1, -0.05) is 12.1 Å². The van der Waals surface area contributed by atoms with Crippen molar-refractivity contribution in [3.63, 3.8) is 0 Å². The van der Waals surface area contributed by atoms with Gasteiger partial charge in [-0.05, 0) is 13.0 Å². The molecule has 0 amide bonds. The number of hydrogen-bond donors (Lipinski definition) is 5. The van der Waals surface area contributed by atoms with Gasteiger partial charge in [0.05, 0.1) is 41.6 Å². The third kappa shape index (κ3) is 2.50. The minimum absolute atomic E-state index is 0.0126. The molecular formula is C21H20O8. The normalized spacial score (nSPS) is 23.8. The number of ketones is 2. The summed E-state index contributed by atoms with van der Waals surface area (Å²) in [4.78, 5) is 26.3. The van der Waals surface area contributed by atoms with Crippen LogP contribution in [0.25, 0.3) is 0 Å². The Balaban J connectivity index is 2.02. The van der Waals surface area contributed by atoms with Crippen molar-refractivity contribution in [3.8, 4) is 17.2 Å². The van der Waals surface area contributed by atoms with Crippen molar-refractivity contribution in [3.05, 3.63) is 51.6 Å². The molecule has 152 valence electrons. The van der Waals surface area contributed by atoms with Crippen molar-refractivity contribution in [2.45, 2.75) is 37.6 Å². The van der Waals surface area contributed by atoms with Crippen LogP contribution < -0.4 is 4.74 Å². The number of carbonyl (C=O) groups excluding carboxylic acids is 2. The standard InChI is InChI=1S/C21H20O8/c1-8(22)21(28)6-10-13(11(23)7-21)19(26)16-15(18(10)25)17(24)9-4-3-5-12(29-2)14(9)20(16)27/h3-5,8,11,22-23,25-26,28H,6-7H2,1-2H3/t8?,11-,21-/m0/s1. The molecule has 8 heteroatoms. The number of benzene rings is 2. The van der Waals surface area contributed by atoms with Crippen LogP contribution in [0.1, 0.15) is 62.4 Å². The van der Waals surface area contributed by atoms with Crippen molar-refractivity contribution >= 4 is 11.6 Å². The molecular weight excluding hydrogens is 380 g/mol. The molecule has 4 rings (SSSR count). The first-order valence-corrected chi connectivity index (χ1v) is 9.08. The van der Waals surface area contributed by atoms with Gasteiger partial charge in [0.15, 0.2) is 5.78 Å². The first kappa shape index (κ1) is 19.4. The van der Waals surface area contributed by atoms with E-state index in [1.807, 2.05) is 0 Å². The third-order valence-corrected chi connectivity index (χ3v) is 5.90. The van der Waals surface area contributed by atoms with Gasteiger partial charge in [-0.2, -0.15) is 0 Å². The monoisotopic (exact) mass is 400 g/mol. The average Bonchev–Trinajstić information content (AvgIpc) is 2.67. The molecule has 0 saturated heterocycles. The van der Waals surface area contributed by atoms with Crippen molar-refractivity contribution < 1.29 is 39.9 Å². The second-order valence-electron chi connectivity index (χ2n) is 7.56. The zero-order valence-corrected chi connectivity index (χ0v) is 15.8. The topological polar surface area (TPSA) is 145 Å². The number of ether oxygens (including phenoxy) is 1. The van der Waals surface area contributed by atoms with Crippen LogP contribution >= 0.6 is 0 Å². The molecule has 0 heterocycles. The molecule has 0 spiro atoms. The maximum atomic E-state index is 13.2. The Morgan fingerprint density at radius 2 is 1.76 bits per heavy atom. The largest absolute Gasteiger partial charge is 0.507 e. The van der Waals surface area contributed by atoms with E-state index in [9.17, 15) is 35.1 Å². The highest BCUT2D eigenvalue weighted by Crippen LogP contribution is 2.51. The lowest BCUT2D eigenvalue weighted by Gasteiger charge is -2.39. The Morgan fingerprint density at radius 1 is 1.10 bits per heavy atom. The van der Waals surface area contributed by atoms with Gasteiger partial charge in [-0.3, -0.25) is 9.59 Å². The number of methoxy groups -OCH3 is 1. The van der Waals surface area contributed by atoms with Gasteiger partial charge in [0.25, 0.3) is 0 Å². The molecule has 2 aliphatic rings. The average molecular weight is 400 g/mol. The maximum Gasteiger partial charge on any atom is 0.202 e. The van der Waals surface area contributed by atoms with E-state index in [0.29, 0.717) is 0 Å². The number of aliphatic hydroxyl groups excluding tert-OH is 2. The van der Waals surface area contributed by atoms with E-state index in [1.165, 1.54) is 32.2 Å². The van der Waals surface area contributed by atoms with Gasteiger partial charge in [0.2, 0.25) is 5.78 Å². The van der Waals surface area contributed by atoms with E-state index in [4.69, 9.17) is 4.74 Å². The Hall–Kier alpha value is -2.94. The Labute approximate surface area is 165 Å². The number of phenolic OH excluding ortho intramolecular Hbond substituents is 2. The molecule has 0 aliphatic heterocycles. The molecule has 2 aliphatic carbocycles. The summed E-state index contributed by atoms with van der Waals surface area (Å²) >= 11 is 0. The number of phenols is 2. The number of aromatic hydroxyl groups is 2. The Bertz CT molecular complexity index is 1070. The van der Waals surface area contributed by atoms with Crippen molar-refractivity contribution in [2.75, 3.05) is 7.11 Å². The van der Waals surface area contributed by atoms with E-state index < -0.39 is 52.0 Å². The summed E-state index contributed by atoms with van der Waals surface area (Å²) in [7, 11) is 1.34. The van der Waals surface area contributed by atoms with Crippen LogP contribution in [-0.4, -0.2) is 55.9 Å². The molecule has 3 atom stereocenters. The highest BCUT2D eigenvalue weighted by molar-refractivity contribution is 6.31. The predicted octanol–water partition coefficient (Wildman–Crippen LogP) is 0.973. The van der Waals surface area contributed by atoms with Crippen molar-refractivity contribution in [1.82, 2.24) is 0 Å². The smallest absolute Gasteiger partial charge is 0.202 e. The number of fused-ring (bicyclic) bond motifs is 3.